The van der Waals surface area contributed by atoms with Crippen LogP contribution in [0.5, 0.6) is 0 Å². The zero-order chi connectivity index (χ0) is 14.6. The van der Waals surface area contributed by atoms with Gasteiger partial charge in [0.05, 0.1) is 6.61 Å². The first-order valence-electron chi connectivity index (χ1n) is 6.38. The molecule has 108 valence electrons. The van der Waals surface area contributed by atoms with Gasteiger partial charge in [-0.15, -0.1) is 0 Å². The molecule has 0 amide bonds. The van der Waals surface area contributed by atoms with Crippen LogP contribution in [0.15, 0.2) is 4.52 Å². The van der Waals surface area contributed by atoms with Crippen LogP contribution in [-0.4, -0.2) is 29.8 Å². The molecule has 0 aromatic carbocycles. The minimum absolute atomic E-state index is 0.209. The van der Waals surface area contributed by atoms with Gasteiger partial charge >= 0.3 is 5.97 Å². The smallest absolute Gasteiger partial charge is 0.321 e. The highest BCUT2D eigenvalue weighted by atomic mass is 16.5. The molecule has 0 aliphatic carbocycles. The maximum Gasteiger partial charge on any atom is 0.321 e. The third-order valence-electron chi connectivity index (χ3n) is 2.88. The minimum Gasteiger partial charge on any atom is -0.465 e. The van der Waals surface area contributed by atoms with Crippen LogP contribution in [0.25, 0.3) is 0 Å². The van der Waals surface area contributed by atoms with Crippen molar-refractivity contribution in [2.45, 2.75) is 46.1 Å². The van der Waals surface area contributed by atoms with Gasteiger partial charge in [-0.2, -0.15) is 4.98 Å². The fourth-order valence-corrected chi connectivity index (χ4v) is 1.68. The summed E-state index contributed by atoms with van der Waals surface area (Å²) in [6, 6.07) is 0. The number of carbonyl (C=O) groups excluding carboxylic acids is 1. The van der Waals surface area contributed by atoms with E-state index < -0.39 is 5.41 Å². The van der Waals surface area contributed by atoms with Crippen LogP contribution in [0.1, 0.15) is 52.4 Å². The Morgan fingerprint density at radius 1 is 1.42 bits per heavy atom. The van der Waals surface area contributed by atoms with E-state index in [4.69, 9.17) is 14.0 Å². The molecule has 19 heavy (non-hydrogen) atoms. The summed E-state index contributed by atoms with van der Waals surface area (Å²) in [4.78, 5) is 16.1. The van der Waals surface area contributed by atoms with Gasteiger partial charge in [-0.25, -0.2) is 0 Å². The second-order valence-electron chi connectivity index (χ2n) is 5.20. The average molecular weight is 270 g/mol. The van der Waals surface area contributed by atoms with Crippen molar-refractivity contribution in [3.63, 3.8) is 0 Å². The van der Waals surface area contributed by atoms with Crippen molar-refractivity contribution in [3.05, 3.63) is 11.7 Å². The van der Waals surface area contributed by atoms with Crippen molar-refractivity contribution in [2.75, 3.05) is 13.7 Å². The molecule has 1 rings (SSSR count). The number of methoxy groups -OCH3 is 1. The molecule has 1 heterocycles. The Labute approximate surface area is 113 Å². The summed E-state index contributed by atoms with van der Waals surface area (Å²) in [5, 5.41) is 3.90. The number of ether oxygens (including phenoxy) is 2. The van der Waals surface area contributed by atoms with Gasteiger partial charge in [-0.05, 0) is 26.7 Å². The number of hydrogen-bond donors (Lipinski definition) is 0. The predicted molar refractivity (Wildman–Crippen MR) is 68.5 cm³/mol. The lowest BCUT2D eigenvalue weighted by Gasteiger charge is -2.17. The lowest BCUT2D eigenvalue weighted by Crippen LogP contribution is -2.31. The van der Waals surface area contributed by atoms with E-state index >= 15 is 0 Å². The topological polar surface area (TPSA) is 74.5 Å². The first kappa shape index (κ1) is 15.6. The van der Waals surface area contributed by atoms with Gasteiger partial charge in [0, 0.05) is 7.11 Å². The molecule has 0 saturated carbocycles. The van der Waals surface area contributed by atoms with Crippen LogP contribution in [0.3, 0.4) is 0 Å². The lowest BCUT2D eigenvalue weighted by atomic mass is 9.93. The molecule has 0 bridgehead atoms. The molecule has 0 fully saturated rings. The first-order chi connectivity index (χ1) is 8.84. The molecule has 1 unspecified atom stereocenters. The van der Waals surface area contributed by atoms with Gasteiger partial charge in [0.1, 0.15) is 11.5 Å². The molecule has 0 spiro atoms. The predicted octanol–water partition coefficient (Wildman–Crippen LogP) is 2.25. The summed E-state index contributed by atoms with van der Waals surface area (Å²) >= 11 is 0. The van der Waals surface area contributed by atoms with E-state index in [2.05, 4.69) is 10.1 Å². The Morgan fingerprint density at radius 3 is 2.53 bits per heavy atom. The largest absolute Gasteiger partial charge is 0.465 e. The number of esters is 1. The van der Waals surface area contributed by atoms with Gasteiger partial charge in [0.15, 0.2) is 0 Å². The van der Waals surface area contributed by atoms with Crippen LogP contribution in [-0.2, 0) is 19.7 Å². The zero-order valence-electron chi connectivity index (χ0n) is 12.4. The Morgan fingerprint density at radius 2 is 2.05 bits per heavy atom. The Hall–Kier alpha value is -1.43. The summed E-state index contributed by atoms with van der Waals surface area (Å²) < 4.78 is 15.5. The summed E-state index contributed by atoms with van der Waals surface area (Å²) in [7, 11) is 1.59. The van der Waals surface area contributed by atoms with Crippen molar-refractivity contribution >= 4 is 5.97 Å². The maximum absolute atomic E-state index is 11.9. The molecule has 0 radical (unpaired) electrons. The highest BCUT2D eigenvalue weighted by molar-refractivity contribution is 5.80. The maximum atomic E-state index is 11.9. The standard InChI is InChI=1S/C13H22N2O4/c1-7-18-12(16)13(4,5)11-14-10(15-19-11)9(17-6)8(2)3/h8-9H,7H2,1-6H3. The highest BCUT2D eigenvalue weighted by Gasteiger charge is 2.38. The van der Waals surface area contributed by atoms with E-state index in [1.165, 1.54) is 0 Å². The molecule has 0 N–H and O–H groups in total. The quantitative estimate of drug-likeness (QED) is 0.738. The second-order valence-corrected chi connectivity index (χ2v) is 5.20. The van der Waals surface area contributed by atoms with Gasteiger partial charge in [-0.1, -0.05) is 19.0 Å². The van der Waals surface area contributed by atoms with E-state index in [0.29, 0.717) is 12.4 Å². The summed E-state index contributed by atoms with van der Waals surface area (Å²) in [5.41, 5.74) is -0.962. The van der Waals surface area contributed by atoms with Crippen LogP contribution >= 0.6 is 0 Å². The first-order valence-corrected chi connectivity index (χ1v) is 6.38. The zero-order valence-corrected chi connectivity index (χ0v) is 12.4. The summed E-state index contributed by atoms with van der Waals surface area (Å²) in [6.07, 6.45) is -0.254. The Balaban J connectivity index is 2.98. The van der Waals surface area contributed by atoms with Gasteiger partial charge in [0.25, 0.3) is 0 Å². The average Bonchev–Trinajstić information content (AvgIpc) is 2.79. The number of hydrogen-bond acceptors (Lipinski definition) is 6. The molecule has 0 aliphatic rings. The molecular formula is C13H22N2O4. The minimum atomic E-state index is -0.962. The van der Waals surface area contributed by atoms with Crippen LogP contribution in [0, 0.1) is 5.92 Å². The van der Waals surface area contributed by atoms with Gasteiger partial charge < -0.3 is 14.0 Å². The van der Waals surface area contributed by atoms with E-state index in [-0.39, 0.29) is 23.9 Å². The summed E-state index contributed by atoms with van der Waals surface area (Å²) in [5.74, 6) is 0.512. The highest BCUT2D eigenvalue weighted by Crippen LogP contribution is 2.27. The molecule has 6 nitrogen and oxygen atoms in total. The third-order valence-corrected chi connectivity index (χ3v) is 2.88. The Kier molecular flexibility index (Phi) is 5.05. The molecule has 1 atom stereocenters. The van der Waals surface area contributed by atoms with Crippen LogP contribution in [0.4, 0.5) is 0 Å². The fraction of sp³-hybridized carbons (Fsp3) is 0.769. The fourth-order valence-electron chi connectivity index (χ4n) is 1.68. The van der Waals surface area contributed by atoms with E-state index in [1.54, 1.807) is 27.9 Å². The number of carbonyl (C=O) groups is 1. The second kappa shape index (κ2) is 6.14. The number of aromatic nitrogens is 2. The van der Waals surface area contributed by atoms with Crippen molar-refractivity contribution in [3.8, 4) is 0 Å². The van der Waals surface area contributed by atoms with E-state index in [1.807, 2.05) is 13.8 Å². The number of rotatable bonds is 6. The van der Waals surface area contributed by atoms with Crippen LogP contribution in [0.2, 0.25) is 0 Å². The molecule has 1 aromatic heterocycles. The normalized spacial score (nSPS) is 13.6. The monoisotopic (exact) mass is 270 g/mol. The third kappa shape index (κ3) is 3.32. The van der Waals surface area contributed by atoms with Gasteiger partial charge in [0.2, 0.25) is 11.7 Å². The molecule has 0 saturated heterocycles. The van der Waals surface area contributed by atoms with Crippen molar-refractivity contribution in [1.82, 2.24) is 10.1 Å². The Bertz CT molecular complexity index is 426. The van der Waals surface area contributed by atoms with Gasteiger partial charge in [-0.3, -0.25) is 4.79 Å². The van der Waals surface area contributed by atoms with E-state index in [9.17, 15) is 4.79 Å². The SMILES string of the molecule is CCOC(=O)C(C)(C)c1nc(C(OC)C(C)C)no1. The van der Waals surface area contributed by atoms with Crippen LogP contribution < -0.4 is 0 Å². The molecule has 6 heteroatoms. The lowest BCUT2D eigenvalue weighted by molar-refractivity contribution is -0.149. The van der Waals surface area contributed by atoms with E-state index in [0.717, 1.165) is 0 Å². The van der Waals surface area contributed by atoms with Crippen molar-refractivity contribution in [2.24, 2.45) is 5.92 Å². The van der Waals surface area contributed by atoms with Crippen molar-refractivity contribution < 1.29 is 18.8 Å². The molecule has 0 aliphatic heterocycles. The number of nitrogens with zero attached hydrogens (tertiary/aromatic N) is 2. The molecule has 1 aromatic rings. The summed E-state index contributed by atoms with van der Waals surface area (Å²) in [6.45, 7) is 9.46. The van der Waals surface area contributed by atoms with Crippen molar-refractivity contribution in [1.29, 1.82) is 0 Å². The molecular weight excluding hydrogens is 248 g/mol.